The first-order valence-electron chi connectivity index (χ1n) is 4.98. The van der Waals surface area contributed by atoms with Crippen LogP contribution in [0.15, 0.2) is 0 Å². The monoisotopic (exact) mass is 235 g/mol. The first kappa shape index (κ1) is 12.2. The Balaban J connectivity index is 2.63. The molecular weight excluding hydrogens is 218 g/mol. The molecule has 0 aliphatic carbocycles. The molecule has 4 heteroatoms. The number of rotatable bonds is 3. The molecule has 1 rings (SSSR count). The van der Waals surface area contributed by atoms with Gasteiger partial charge in [0.15, 0.2) is 0 Å². The molecule has 0 aromatic heterocycles. The van der Waals surface area contributed by atoms with Gasteiger partial charge in [0.1, 0.15) is 0 Å². The Morgan fingerprint density at radius 1 is 1.71 bits per heavy atom. The highest BCUT2D eigenvalue weighted by Crippen LogP contribution is 2.39. The average Bonchev–Trinajstić information content (AvgIpc) is 2.63. The first-order valence-corrected chi connectivity index (χ1v) is 6.50. The van der Waals surface area contributed by atoms with Gasteiger partial charge in [-0.15, -0.1) is 23.4 Å². The van der Waals surface area contributed by atoms with Crippen LogP contribution in [0.5, 0.6) is 0 Å². The van der Waals surface area contributed by atoms with Crippen LogP contribution >= 0.6 is 23.4 Å². The lowest BCUT2D eigenvalue weighted by atomic mass is 10.0. The zero-order valence-electron chi connectivity index (χ0n) is 9.05. The zero-order chi connectivity index (χ0) is 10.8. The Morgan fingerprint density at radius 3 is 2.79 bits per heavy atom. The first-order chi connectivity index (χ1) is 6.51. The van der Waals surface area contributed by atoms with E-state index in [-0.39, 0.29) is 16.7 Å². The van der Waals surface area contributed by atoms with Crippen molar-refractivity contribution in [2.24, 2.45) is 0 Å². The molecule has 1 aliphatic heterocycles. The van der Waals surface area contributed by atoms with Crippen molar-refractivity contribution in [1.29, 1.82) is 0 Å². The Morgan fingerprint density at radius 2 is 2.36 bits per heavy atom. The summed E-state index contributed by atoms with van der Waals surface area (Å²) >= 11 is 7.52. The van der Waals surface area contributed by atoms with Crippen LogP contribution in [0.2, 0.25) is 0 Å². The second-order valence-electron chi connectivity index (χ2n) is 4.10. The van der Waals surface area contributed by atoms with Crippen LogP contribution in [-0.2, 0) is 4.79 Å². The molecule has 0 spiro atoms. The quantitative estimate of drug-likeness (QED) is 0.700. The lowest BCUT2D eigenvalue weighted by Gasteiger charge is -2.31. The van der Waals surface area contributed by atoms with Crippen molar-refractivity contribution in [3.05, 3.63) is 0 Å². The predicted octanol–water partition coefficient (Wildman–Crippen LogP) is 2.36. The molecule has 1 fully saturated rings. The number of carbonyl (C=O) groups is 1. The summed E-state index contributed by atoms with van der Waals surface area (Å²) < 4.78 is -0.199. The SMILES string of the molecule is CC(CCl)N(C)C(=O)C1(C)CCCS1. The van der Waals surface area contributed by atoms with Gasteiger partial charge < -0.3 is 4.90 Å². The molecule has 0 aromatic carbocycles. The second kappa shape index (κ2) is 4.75. The molecule has 2 unspecified atom stereocenters. The van der Waals surface area contributed by atoms with Crippen molar-refractivity contribution in [3.63, 3.8) is 0 Å². The summed E-state index contributed by atoms with van der Waals surface area (Å²) in [5.74, 6) is 1.84. The van der Waals surface area contributed by atoms with Gasteiger partial charge in [0.2, 0.25) is 5.91 Å². The van der Waals surface area contributed by atoms with Crippen LogP contribution in [0.25, 0.3) is 0 Å². The van der Waals surface area contributed by atoms with E-state index in [4.69, 9.17) is 11.6 Å². The van der Waals surface area contributed by atoms with E-state index in [1.807, 2.05) is 20.9 Å². The number of amides is 1. The van der Waals surface area contributed by atoms with Crippen molar-refractivity contribution in [2.75, 3.05) is 18.7 Å². The largest absolute Gasteiger partial charge is 0.341 e. The van der Waals surface area contributed by atoms with E-state index in [9.17, 15) is 4.79 Å². The highest BCUT2D eigenvalue weighted by Gasteiger charge is 2.39. The predicted molar refractivity (Wildman–Crippen MR) is 63.0 cm³/mol. The molecule has 2 nitrogen and oxygen atoms in total. The molecule has 0 aromatic rings. The minimum absolute atomic E-state index is 0.127. The molecular formula is C10H18ClNOS. The van der Waals surface area contributed by atoms with Crippen molar-refractivity contribution >= 4 is 29.3 Å². The Labute approximate surface area is 95.4 Å². The number of hydrogen-bond acceptors (Lipinski definition) is 2. The molecule has 0 N–H and O–H groups in total. The Bertz CT molecular complexity index is 216. The molecule has 1 heterocycles. The summed E-state index contributed by atoms with van der Waals surface area (Å²) in [7, 11) is 1.85. The second-order valence-corrected chi connectivity index (χ2v) is 6.01. The molecule has 1 saturated heterocycles. The highest BCUT2D eigenvalue weighted by molar-refractivity contribution is 8.01. The summed E-state index contributed by atoms with van der Waals surface area (Å²) in [6.45, 7) is 4.03. The molecule has 82 valence electrons. The zero-order valence-corrected chi connectivity index (χ0v) is 10.6. The van der Waals surface area contributed by atoms with Crippen molar-refractivity contribution in [3.8, 4) is 0 Å². The van der Waals surface area contributed by atoms with Crippen LogP contribution in [0.1, 0.15) is 26.7 Å². The molecule has 0 bridgehead atoms. The van der Waals surface area contributed by atoms with Crippen LogP contribution in [0, 0.1) is 0 Å². The van der Waals surface area contributed by atoms with Crippen LogP contribution < -0.4 is 0 Å². The molecule has 14 heavy (non-hydrogen) atoms. The fourth-order valence-electron chi connectivity index (χ4n) is 1.62. The fraction of sp³-hybridized carbons (Fsp3) is 0.900. The third-order valence-electron chi connectivity index (χ3n) is 2.88. The number of nitrogens with zero attached hydrogens (tertiary/aromatic N) is 1. The maximum absolute atomic E-state index is 12.1. The maximum Gasteiger partial charge on any atom is 0.238 e. The number of thioether (sulfide) groups is 1. The third-order valence-corrected chi connectivity index (χ3v) is 4.83. The average molecular weight is 236 g/mol. The van der Waals surface area contributed by atoms with E-state index in [2.05, 4.69) is 0 Å². The minimum Gasteiger partial charge on any atom is -0.341 e. The maximum atomic E-state index is 12.1. The number of hydrogen-bond donors (Lipinski definition) is 0. The van der Waals surface area contributed by atoms with Gasteiger partial charge in [-0.05, 0) is 32.4 Å². The van der Waals surface area contributed by atoms with Gasteiger partial charge in [-0.25, -0.2) is 0 Å². The van der Waals surface area contributed by atoms with Crippen molar-refractivity contribution in [2.45, 2.75) is 37.5 Å². The fourth-order valence-corrected chi connectivity index (χ4v) is 3.13. The van der Waals surface area contributed by atoms with E-state index in [1.54, 1.807) is 16.7 Å². The molecule has 1 amide bonds. The summed E-state index contributed by atoms with van der Waals surface area (Å²) in [5.41, 5.74) is 0. The summed E-state index contributed by atoms with van der Waals surface area (Å²) in [6.07, 6.45) is 2.14. The van der Waals surface area contributed by atoms with Gasteiger partial charge in [-0.3, -0.25) is 4.79 Å². The topological polar surface area (TPSA) is 20.3 Å². The van der Waals surface area contributed by atoms with Gasteiger partial charge in [-0.1, -0.05) is 0 Å². The highest BCUT2D eigenvalue weighted by atomic mass is 35.5. The molecule has 0 saturated carbocycles. The number of halogens is 1. The lowest BCUT2D eigenvalue weighted by Crippen LogP contribution is -2.46. The summed E-state index contributed by atoms with van der Waals surface area (Å²) in [5, 5.41) is 0. The van der Waals surface area contributed by atoms with Crippen molar-refractivity contribution in [1.82, 2.24) is 4.90 Å². The summed E-state index contributed by atoms with van der Waals surface area (Å²) in [6, 6.07) is 0.127. The van der Waals surface area contributed by atoms with Gasteiger partial charge in [0, 0.05) is 19.0 Å². The van der Waals surface area contributed by atoms with Gasteiger partial charge in [0.25, 0.3) is 0 Å². The van der Waals surface area contributed by atoms with Crippen LogP contribution in [-0.4, -0.2) is 40.3 Å². The van der Waals surface area contributed by atoms with Crippen LogP contribution in [0.3, 0.4) is 0 Å². The van der Waals surface area contributed by atoms with E-state index in [1.165, 1.54) is 0 Å². The van der Waals surface area contributed by atoms with Gasteiger partial charge in [0.05, 0.1) is 4.75 Å². The normalized spacial score (nSPS) is 28.9. The molecule has 0 radical (unpaired) electrons. The number of alkyl halides is 1. The third kappa shape index (κ3) is 2.37. The standard InChI is InChI=1S/C10H18ClNOS/c1-8(7-11)12(3)9(13)10(2)5-4-6-14-10/h8H,4-7H2,1-3H3. The smallest absolute Gasteiger partial charge is 0.238 e. The van der Waals surface area contributed by atoms with Crippen molar-refractivity contribution < 1.29 is 4.79 Å². The van der Waals surface area contributed by atoms with E-state index >= 15 is 0 Å². The van der Waals surface area contributed by atoms with E-state index in [0.29, 0.717) is 5.88 Å². The molecule has 1 aliphatic rings. The minimum atomic E-state index is -0.199. The Hall–Kier alpha value is 0.110. The van der Waals surface area contributed by atoms with Gasteiger partial charge >= 0.3 is 0 Å². The van der Waals surface area contributed by atoms with Crippen LogP contribution in [0.4, 0.5) is 0 Å². The summed E-state index contributed by atoms with van der Waals surface area (Å²) in [4.78, 5) is 13.9. The Kier molecular flexibility index (Phi) is 4.14. The van der Waals surface area contributed by atoms with Gasteiger partial charge in [-0.2, -0.15) is 0 Å². The number of carbonyl (C=O) groups excluding carboxylic acids is 1. The molecule has 2 atom stereocenters. The lowest BCUT2D eigenvalue weighted by molar-refractivity contribution is -0.133. The van der Waals surface area contributed by atoms with E-state index < -0.39 is 0 Å². The van der Waals surface area contributed by atoms with E-state index in [0.717, 1.165) is 18.6 Å².